The van der Waals surface area contributed by atoms with Gasteiger partial charge in [0.05, 0.1) is 18.1 Å². The zero-order chi connectivity index (χ0) is 29.1. The van der Waals surface area contributed by atoms with E-state index in [0.717, 1.165) is 0 Å². The van der Waals surface area contributed by atoms with Gasteiger partial charge in [-0.1, -0.05) is 38.3 Å². The number of aliphatic hydroxyl groups excluding tert-OH is 1. The quantitative estimate of drug-likeness (QED) is 0.231. The van der Waals surface area contributed by atoms with Crippen molar-refractivity contribution in [3.05, 3.63) is 65.5 Å². The normalized spacial score (nSPS) is 26.2. The summed E-state index contributed by atoms with van der Waals surface area (Å²) in [6.45, 7) is 11.0. The monoisotopic (exact) mass is 570 g/mol. The molecule has 1 aromatic rings. The molecule has 3 aliphatic rings. The van der Waals surface area contributed by atoms with Crippen LogP contribution in [0.25, 0.3) is 0 Å². The van der Waals surface area contributed by atoms with Gasteiger partial charge < -0.3 is 30.1 Å². The van der Waals surface area contributed by atoms with Crippen LogP contribution in [0.2, 0.25) is 0 Å². The Hall–Kier alpha value is -3.64. The van der Waals surface area contributed by atoms with Gasteiger partial charge >= 0.3 is 12.1 Å². The highest BCUT2D eigenvalue weighted by Crippen LogP contribution is 2.52. The number of β-lactam (4-membered cyclic amide) rings is 1. The minimum atomic E-state index is -0.865. The van der Waals surface area contributed by atoms with Gasteiger partial charge in [-0.15, -0.1) is 11.8 Å². The van der Waals surface area contributed by atoms with Crippen LogP contribution < -0.4 is 5.73 Å². The third-order valence-electron chi connectivity index (χ3n) is 7.44. The molecular formula is C28H34N4O7S. The Bertz CT molecular complexity index is 1250. The van der Waals surface area contributed by atoms with Gasteiger partial charge in [0.25, 0.3) is 5.91 Å². The molecule has 4 rings (SSSR count). The van der Waals surface area contributed by atoms with E-state index in [-0.39, 0.29) is 53.8 Å². The van der Waals surface area contributed by atoms with Crippen molar-refractivity contribution in [2.45, 2.75) is 50.1 Å². The minimum absolute atomic E-state index is 0.0110. The first-order valence-corrected chi connectivity index (χ1v) is 14.0. The first-order chi connectivity index (χ1) is 19.1. The molecule has 0 bridgehead atoms. The van der Waals surface area contributed by atoms with Gasteiger partial charge in [-0.25, -0.2) is 9.59 Å². The lowest BCUT2D eigenvalue weighted by Gasteiger charge is -2.46. The average molecular weight is 571 g/mol. The highest BCUT2D eigenvalue weighted by molar-refractivity contribution is 8.03. The number of hydrogen-bond donors (Lipinski definition) is 2. The molecule has 0 radical (unpaired) electrons. The summed E-state index contributed by atoms with van der Waals surface area (Å²) in [5, 5.41) is 10.1. The number of amides is 3. The molecule has 0 aromatic carbocycles. The molecule has 3 N–H and O–H groups in total. The van der Waals surface area contributed by atoms with E-state index in [1.54, 1.807) is 24.0 Å². The fraction of sp³-hybridized carbons (Fsp3) is 0.464. The standard InChI is InChI=1S/C28H34N4O7S/c1-5-10-38-27(36)23-24(15(3)22-20(16(4)33)26(35)32(22)23)40-19-13-18(31(14-19)28(37)39-11-6-2)12-17-8-7-9-30-21(17)25(29)34/h5-9,15-16,18-20,22,33H,1-2,10-14H2,3-4H3,(H2,29,34)/t15-,16-,18-,19+,20-,22-/m1/s1. The Balaban J connectivity index is 1.62. The molecule has 4 heterocycles. The second-order valence-corrected chi connectivity index (χ2v) is 11.4. The maximum atomic E-state index is 13.1. The molecule has 12 heteroatoms. The number of primary amides is 1. The highest BCUT2D eigenvalue weighted by atomic mass is 32.2. The Kier molecular flexibility index (Phi) is 8.99. The number of likely N-dealkylation sites (tertiary alicyclic amines) is 1. The maximum Gasteiger partial charge on any atom is 0.410 e. The molecule has 214 valence electrons. The number of nitrogens with two attached hydrogens (primary N) is 1. The van der Waals surface area contributed by atoms with Gasteiger partial charge in [0.2, 0.25) is 5.91 Å². The Morgan fingerprint density at radius 2 is 1.98 bits per heavy atom. The fourth-order valence-corrected chi connectivity index (χ4v) is 7.28. The average Bonchev–Trinajstić information content (AvgIpc) is 3.42. The zero-order valence-corrected chi connectivity index (χ0v) is 23.3. The smallest absolute Gasteiger partial charge is 0.410 e. The van der Waals surface area contributed by atoms with E-state index in [1.807, 2.05) is 6.92 Å². The molecule has 0 saturated carbocycles. The second kappa shape index (κ2) is 12.3. The highest BCUT2D eigenvalue weighted by Gasteiger charge is 2.60. The number of pyridine rings is 1. The van der Waals surface area contributed by atoms with Crippen LogP contribution in [0.3, 0.4) is 0 Å². The fourth-order valence-electron chi connectivity index (χ4n) is 5.72. The Labute approximate surface area is 237 Å². The topological polar surface area (TPSA) is 152 Å². The molecule has 0 unspecified atom stereocenters. The summed E-state index contributed by atoms with van der Waals surface area (Å²) in [5.74, 6) is -2.45. The van der Waals surface area contributed by atoms with Gasteiger partial charge in [0, 0.05) is 34.9 Å². The van der Waals surface area contributed by atoms with Crippen LogP contribution in [0.4, 0.5) is 4.79 Å². The molecule has 1 aromatic heterocycles. The summed E-state index contributed by atoms with van der Waals surface area (Å²) >= 11 is 1.43. The van der Waals surface area contributed by atoms with Crippen LogP contribution in [0.5, 0.6) is 0 Å². The molecule has 2 fully saturated rings. The number of ether oxygens (including phenoxy) is 2. The number of nitrogens with zero attached hydrogens (tertiary/aromatic N) is 3. The summed E-state index contributed by atoms with van der Waals surface area (Å²) in [5.41, 5.74) is 6.46. The van der Waals surface area contributed by atoms with E-state index in [1.165, 1.54) is 35.0 Å². The third-order valence-corrected chi connectivity index (χ3v) is 8.94. The van der Waals surface area contributed by atoms with Gasteiger partial charge in [0.15, 0.2) is 0 Å². The van der Waals surface area contributed by atoms with Crippen LogP contribution in [0, 0.1) is 11.8 Å². The number of fused-ring (bicyclic) bond motifs is 1. The van der Waals surface area contributed by atoms with Crippen molar-refractivity contribution in [2.24, 2.45) is 17.6 Å². The third kappa shape index (κ3) is 5.50. The molecule has 3 amide bonds. The lowest BCUT2D eigenvalue weighted by atomic mass is 9.79. The van der Waals surface area contributed by atoms with Crippen molar-refractivity contribution in [3.63, 3.8) is 0 Å². The van der Waals surface area contributed by atoms with E-state index in [9.17, 15) is 24.3 Å². The summed E-state index contributed by atoms with van der Waals surface area (Å²) in [7, 11) is 0. The number of esters is 1. The number of hydrogen-bond acceptors (Lipinski definition) is 9. The number of aromatic nitrogens is 1. The van der Waals surface area contributed by atoms with Crippen molar-refractivity contribution in [1.82, 2.24) is 14.8 Å². The molecule has 2 saturated heterocycles. The number of aliphatic hydroxyl groups is 1. The predicted molar refractivity (Wildman–Crippen MR) is 148 cm³/mol. The van der Waals surface area contributed by atoms with Crippen LogP contribution in [0.1, 0.15) is 36.3 Å². The van der Waals surface area contributed by atoms with E-state index in [0.29, 0.717) is 29.9 Å². The lowest BCUT2D eigenvalue weighted by molar-refractivity contribution is -0.164. The van der Waals surface area contributed by atoms with Gasteiger partial charge in [-0.05, 0) is 31.4 Å². The number of carbonyl (C=O) groups excluding carboxylic acids is 4. The summed E-state index contributed by atoms with van der Waals surface area (Å²) in [4.78, 5) is 58.8. The van der Waals surface area contributed by atoms with E-state index in [4.69, 9.17) is 15.2 Å². The largest absolute Gasteiger partial charge is 0.457 e. The van der Waals surface area contributed by atoms with Crippen molar-refractivity contribution in [2.75, 3.05) is 19.8 Å². The molecule has 6 atom stereocenters. The van der Waals surface area contributed by atoms with Crippen LogP contribution in [-0.2, 0) is 25.5 Å². The number of thioether (sulfide) groups is 1. The molecule has 0 spiro atoms. The summed E-state index contributed by atoms with van der Waals surface area (Å²) in [6.07, 6.45) is 3.87. The first kappa shape index (κ1) is 29.3. The Morgan fingerprint density at radius 1 is 1.27 bits per heavy atom. The molecular weight excluding hydrogens is 536 g/mol. The van der Waals surface area contributed by atoms with Gasteiger partial charge in [-0.2, -0.15) is 0 Å². The second-order valence-electron chi connectivity index (χ2n) is 10.1. The Morgan fingerprint density at radius 3 is 2.62 bits per heavy atom. The van der Waals surface area contributed by atoms with Crippen molar-refractivity contribution < 1.29 is 33.8 Å². The van der Waals surface area contributed by atoms with E-state index >= 15 is 0 Å². The maximum absolute atomic E-state index is 13.1. The zero-order valence-electron chi connectivity index (χ0n) is 22.5. The lowest BCUT2D eigenvalue weighted by Crippen LogP contribution is -2.63. The van der Waals surface area contributed by atoms with Gasteiger partial charge in [0.1, 0.15) is 24.6 Å². The first-order valence-electron chi connectivity index (χ1n) is 13.1. The van der Waals surface area contributed by atoms with Crippen LogP contribution in [-0.4, -0.2) is 87.0 Å². The predicted octanol–water partition coefficient (Wildman–Crippen LogP) is 2.02. The van der Waals surface area contributed by atoms with Crippen molar-refractivity contribution >= 4 is 35.6 Å². The van der Waals surface area contributed by atoms with Gasteiger partial charge in [-0.3, -0.25) is 14.6 Å². The number of carbonyl (C=O) groups is 4. The molecule has 0 aliphatic carbocycles. The van der Waals surface area contributed by atoms with E-state index in [2.05, 4.69) is 18.1 Å². The van der Waals surface area contributed by atoms with Crippen LogP contribution in [0.15, 0.2) is 54.2 Å². The minimum Gasteiger partial charge on any atom is -0.457 e. The molecule has 40 heavy (non-hydrogen) atoms. The van der Waals surface area contributed by atoms with Crippen molar-refractivity contribution in [3.8, 4) is 0 Å². The van der Waals surface area contributed by atoms with E-state index < -0.39 is 30.0 Å². The van der Waals surface area contributed by atoms with Crippen LogP contribution >= 0.6 is 11.8 Å². The number of rotatable bonds is 11. The summed E-state index contributed by atoms with van der Waals surface area (Å²) in [6, 6.07) is 2.76. The van der Waals surface area contributed by atoms with Crippen molar-refractivity contribution in [1.29, 1.82) is 0 Å². The molecule has 11 nitrogen and oxygen atoms in total. The SMILES string of the molecule is C=CCOC(=O)C1=C(S[C@H]2C[C@@H](Cc3cccnc3C(N)=O)N(C(=O)OCC=C)C2)[C@H](C)[C@@H]2[C@@H]([C@@H](C)O)C(=O)N12. The summed E-state index contributed by atoms with van der Waals surface area (Å²) < 4.78 is 10.7. The molecule has 3 aliphatic heterocycles.